The fraction of sp³-hybridized carbons (Fsp3) is 0.619. The van der Waals surface area contributed by atoms with Crippen molar-refractivity contribution >= 4 is 12.1 Å². The van der Waals surface area contributed by atoms with E-state index in [0.29, 0.717) is 12.3 Å². The highest BCUT2D eigenvalue weighted by molar-refractivity contribution is 5.82. The van der Waals surface area contributed by atoms with Gasteiger partial charge in [-0.15, -0.1) is 0 Å². The van der Waals surface area contributed by atoms with Crippen molar-refractivity contribution in [2.75, 3.05) is 0 Å². The number of hydrogen-bond acceptors (Lipinski definition) is 4. The third-order valence-corrected chi connectivity index (χ3v) is 5.19. The lowest BCUT2D eigenvalue weighted by molar-refractivity contribution is -0.150. The van der Waals surface area contributed by atoms with Gasteiger partial charge in [0, 0.05) is 6.04 Å². The fourth-order valence-electron chi connectivity index (χ4n) is 4.07. The summed E-state index contributed by atoms with van der Waals surface area (Å²) in [4.78, 5) is 27.2. The van der Waals surface area contributed by atoms with Crippen LogP contribution >= 0.6 is 0 Å². The Labute approximate surface area is 155 Å². The minimum Gasteiger partial charge on any atom is -0.459 e. The summed E-state index contributed by atoms with van der Waals surface area (Å²) >= 11 is 0. The average Bonchev–Trinajstić information content (AvgIpc) is 2.99. The van der Waals surface area contributed by atoms with Crippen LogP contribution in [0, 0.1) is 5.92 Å². The first-order chi connectivity index (χ1) is 12.3. The molecule has 0 N–H and O–H groups in total. The number of amides is 1. The van der Waals surface area contributed by atoms with E-state index in [1.807, 2.05) is 51.1 Å². The minimum atomic E-state index is -0.581. The molecule has 0 radical (unpaired) electrons. The molecular formula is C21H29NO4. The summed E-state index contributed by atoms with van der Waals surface area (Å²) in [5.41, 5.74) is 0.363. The van der Waals surface area contributed by atoms with Crippen LogP contribution in [0.15, 0.2) is 30.3 Å². The topological polar surface area (TPSA) is 55.8 Å². The molecule has 1 aromatic rings. The smallest absolute Gasteiger partial charge is 0.411 e. The van der Waals surface area contributed by atoms with Gasteiger partial charge in [0.25, 0.3) is 0 Å². The van der Waals surface area contributed by atoms with Gasteiger partial charge in [-0.05, 0) is 51.5 Å². The second-order valence-corrected chi connectivity index (χ2v) is 8.34. The SMILES string of the molecule is CC(C)(C)OC(=O)N1[C@@H](C(=O)OCc2ccccc2)C[C@H]2CCCC[C@H]21. The minimum absolute atomic E-state index is 0.0906. The van der Waals surface area contributed by atoms with E-state index in [-0.39, 0.29) is 18.6 Å². The normalized spacial score (nSPS) is 25.5. The highest BCUT2D eigenvalue weighted by Gasteiger charge is 2.49. The molecule has 1 aliphatic heterocycles. The maximum Gasteiger partial charge on any atom is 0.411 e. The van der Waals surface area contributed by atoms with E-state index in [1.165, 1.54) is 0 Å². The lowest BCUT2D eigenvalue weighted by Crippen LogP contribution is -2.48. The van der Waals surface area contributed by atoms with Crippen molar-refractivity contribution in [3.8, 4) is 0 Å². The van der Waals surface area contributed by atoms with Crippen molar-refractivity contribution in [2.24, 2.45) is 5.92 Å². The highest BCUT2D eigenvalue weighted by atomic mass is 16.6. The van der Waals surface area contributed by atoms with E-state index in [9.17, 15) is 9.59 Å². The monoisotopic (exact) mass is 359 g/mol. The largest absolute Gasteiger partial charge is 0.459 e. The number of carbonyl (C=O) groups is 2. The quantitative estimate of drug-likeness (QED) is 0.755. The Balaban J connectivity index is 1.72. The molecule has 5 nitrogen and oxygen atoms in total. The van der Waals surface area contributed by atoms with Crippen molar-refractivity contribution in [1.29, 1.82) is 0 Å². The number of esters is 1. The van der Waals surface area contributed by atoms with Crippen molar-refractivity contribution in [1.82, 2.24) is 4.90 Å². The van der Waals surface area contributed by atoms with Crippen LogP contribution in [0.3, 0.4) is 0 Å². The van der Waals surface area contributed by atoms with E-state index >= 15 is 0 Å². The first-order valence-electron chi connectivity index (χ1n) is 9.57. The second-order valence-electron chi connectivity index (χ2n) is 8.34. The summed E-state index contributed by atoms with van der Waals surface area (Å²) in [7, 11) is 0. The van der Waals surface area contributed by atoms with Crippen LogP contribution < -0.4 is 0 Å². The molecule has 1 amide bonds. The van der Waals surface area contributed by atoms with Gasteiger partial charge in [-0.2, -0.15) is 0 Å². The number of nitrogens with zero attached hydrogens (tertiary/aromatic N) is 1. The van der Waals surface area contributed by atoms with Gasteiger partial charge < -0.3 is 9.47 Å². The standard InChI is InChI=1S/C21H29NO4/c1-21(2,3)26-20(24)22-17-12-8-7-11-16(17)13-18(22)19(23)25-14-15-9-5-4-6-10-15/h4-6,9-10,16-18H,7-8,11-14H2,1-3H3/t16-,17-,18-/m1/s1. The van der Waals surface area contributed by atoms with E-state index in [0.717, 1.165) is 31.2 Å². The first kappa shape index (κ1) is 18.7. The van der Waals surface area contributed by atoms with Crippen LogP contribution in [0.4, 0.5) is 4.79 Å². The van der Waals surface area contributed by atoms with E-state index < -0.39 is 17.7 Å². The molecule has 1 heterocycles. The lowest BCUT2D eigenvalue weighted by atomic mass is 9.85. The molecule has 1 saturated heterocycles. The lowest BCUT2D eigenvalue weighted by Gasteiger charge is -2.34. The third-order valence-electron chi connectivity index (χ3n) is 5.19. The van der Waals surface area contributed by atoms with E-state index in [4.69, 9.17) is 9.47 Å². The van der Waals surface area contributed by atoms with Crippen molar-refractivity contribution in [2.45, 2.75) is 77.2 Å². The summed E-state index contributed by atoms with van der Waals surface area (Å²) in [6, 6.07) is 9.16. The van der Waals surface area contributed by atoms with Crippen LogP contribution in [-0.4, -0.2) is 34.6 Å². The molecule has 142 valence electrons. The van der Waals surface area contributed by atoms with Crippen LogP contribution in [-0.2, 0) is 20.9 Å². The van der Waals surface area contributed by atoms with Crippen molar-refractivity contribution < 1.29 is 19.1 Å². The maximum absolute atomic E-state index is 12.8. The van der Waals surface area contributed by atoms with E-state index in [2.05, 4.69) is 0 Å². The first-order valence-corrected chi connectivity index (χ1v) is 9.57. The predicted octanol–water partition coefficient (Wildman–Crippen LogP) is 4.30. The predicted molar refractivity (Wildman–Crippen MR) is 98.5 cm³/mol. The molecule has 0 spiro atoms. The molecule has 26 heavy (non-hydrogen) atoms. The van der Waals surface area contributed by atoms with Gasteiger partial charge in [-0.1, -0.05) is 43.2 Å². The molecule has 1 saturated carbocycles. The Morgan fingerprint density at radius 2 is 1.81 bits per heavy atom. The second kappa shape index (κ2) is 7.68. The van der Waals surface area contributed by atoms with Gasteiger partial charge in [0.1, 0.15) is 18.2 Å². The highest BCUT2D eigenvalue weighted by Crippen LogP contribution is 2.40. The molecule has 0 bridgehead atoms. The van der Waals surface area contributed by atoms with Gasteiger partial charge in [-0.3, -0.25) is 4.90 Å². The zero-order valence-corrected chi connectivity index (χ0v) is 15.9. The summed E-state index contributed by atoms with van der Waals surface area (Å²) in [6.45, 7) is 5.78. The fourth-order valence-corrected chi connectivity index (χ4v) is 4.07. The number of rotatable bonds is 3. The number of carbonyl (C=O) groups excluding carboxylic acids is 2. The maximum atomic E-state index is 12.8. The number of likely N-dealkylation sites (tertiary alicyclic amines) is 1. The third kappa shape index (κ3) is 4.37. The van der Waals surface area contributed by atoms with Gasteiger partial charge in [-0.25, -0.2) is 9.59 Å². The Morgan fingerprint density at radius 1 is 1.12 bits per heavy atom. The molecule has 3 rings (SSSR count). The van der Waals surface area contributed by atoms with Crippen LogP contribution in [0.2, 0.25) is 0 Å². The molecule has 2 fully saturated rings. The number of hydrogen-bond donors (Lipinski definition) is 0. The molecule has 0 unspecified atom stereocenters. The summed E-state index contributed by atoms with van der Waals surface area (Å²) < 4.78 is 11.1. The average molecular weight is 359 g/mol. The number of ether oxygens (including phenoxy) is 2. The zero-order chi connectivity index (χ0) is 18.7. The van der Waals surface area contributed by atoms with Crippen LogP contribution in [0.25, 0.3) is 0 Å². The van der Waals surface area contributed by atoms with Gasteiger partial charge in [0.2, 0.25) is 0 Å². The van der Waals surface area contributed by atoms with Gasteiger partial charge >= 0.3 is 12.1 Å². The summed E-state index contributed by atoms with van der Waals surface area (Å²) in [5.74, 6) is 0.0413. The van der Waals surface area contributed by atoms with Gasteiger partial charge in [0.05, 0.1) is 0 Å². The van der Waals surface area contributed by atoms with Crippen molar-refractivity contribution in [3.05, 3.63) is 35.9 Å². The summed E-state index contributed by atoms with van der Waals surface area (Å²) in [5, 5.41) is 0. The number of fused-ring (bicyclic) bond motifs is 1. The van der Waals surface area contributed by atoms with E-state index in [1.54, 1.807) is 4.90 Å². The Kier molecular flexibility index (Phi) is 5.54. The molecule has 1 aliphatic carbocycles. The summed E-state index contributed by atoms with van der Waals surface area (Å²) in [6.07, 6.45) is 4.53. The Hall–Kier alpha value is -2.04. The zero-order valence-electron chi connectivity index (χ0n) is 15.9. The molecular weight excluding hydrogens is 330 g/mol. The van der Waals surface area contributed by atoms with Crippen LogP contribution in [0.1, 0.15) is 58.4 Å². The molecule has 1 aromatic carbocycles. The molecule has 3 atom stereocenters. The number of benzene rings is 1. The molecule has 5 heteroatoms. The molecule has 2 aliphatic rings. The Morgan fingerprint density at radius 3 is 2.50 bits per heavy atom. The van der Waals surface area contributed by atoms with Crippen molar-refractivity contribution in [3.63, 3.8) is 0 Å². The Bertz CT molecular complexity index is 637. The molecule has 0 aromatic heterocycles. The van der Waals surface area contributed by atoms with Crippen LogP contribution in [0.5, 0.6) is 0 Å². The van der Waals surface area contributed by atoms with Gasteiger partial charge in [0.15, 0.2) is 0 Å².